The number of ether oxygens (including phenoxy) is 2. The molecule has 0 amide bonds. The van der Waals surface area contributed by atoms with Crippen LogP contribution < -0.4 is 0 Å². The van der Waals surface area contributed by atoms with Crippen LogP contribution in [0.15, 0.2) is 78.9 Å². The molecule has 0 aliphatic rings. The second kappa shape index (κ2) is 16.6. The van der Waals surface area contributed by atoms with Gasteiger partial charge in [0.1, 0.15) is 5.82 Å². The van der Waals surface area contributed by atoms with E-state index in [1.807, 2.05) is 24.3 Å². The first-order valence-corrected chi connectivity index (χ1v) is 15.9. The monoisotopic (exact) mass is 595 g/mol. The van der Waals surface area contributed by atoms with Crippen LogP contribution in [0, 0.1) is 0 Å². The fraction of sp³-hybridized carbons (Fsp3) is 0.378. The molecular formula is C37H45N3O4. The number of unbranched alkanes of at least 4 members (excludes halogenated alkanes) is 2. The number of aromatic nitrogens is 2. The van der Waals surface area contributed by atoms with Gasteiger partial charge in [0, 0.05) is 30.8 Å². The van der Waals surface area contributed by atoms with Gasteiger partial charge in [-0.3, -0.25) is 4.90 Å². The zero-order valence-corrected chi connectivity index (χ0v) is 26.6. The van der Waals surface area contributed by atoms with Crippen LogP contribution in [0.5, 0.6) is 0 Å². The molecule has 0 radical (unpaired) electrons. The molecule has 7 heteroatoms. The van der Waals surface area contributed by atoms with Crippen LogP contribution in [0.1, 0.15) is 85.4 Å². The Bertz CT molecular complexity index is 1460. The van der Waals surface area contributed by atoms with Gasteiger partial charge in [-0.05, 0) is 57.0 Å². The molecule has 0 atom stereocenters. The Hall–Kier alpha value is -4.23. The topological polar surface area (TPSA) is 73.7 Å². The summed E-state index contributed by atoms with van der Waals surface area (Å²) in [6.07, 6.45) is 4.17. The largest absolute Gasteiger partial charge is 0.462 e. The van der Waals surface area contributed by atoms with Crippen molar-refractivity contribution in [1.82, 2.24) is 14.5 Å². The van der Waals surface area contributed by atoms with E-state index in [1.165, 1.54) is 0 Å². The molecule has 4 rings (SSSR count). The van der Waals surface area contributed by atoms with E-state index in [1.54, 1.807) is 19.9 Å². The fourth-order valence-corrected chi connectivity index (χ4v) is 5.35. The first kappa shape index (κ1) is 32.7. The average Bonchev–Trinajstić information content (AvgIpc) is 3.41. The van der Waals surface area contributed by atoms with E-state index in [-0.39, 0.29) is 13.2 Å². The Balaban J connectivity index is 1.80. The molecule has 0 fully saturated rings. The molecule has 0 saturated carbocycles. The predicted octanol–water partition coefficient (Wildman–Crippen LogP) is 8.17. The van der Waals surface area contributed by atoms with Crippen molar-refractivity contribution >= 4 is 11.9 Å². The molecule has 0 unspecified atom stereocenters. The highest BCUT2D eigenvalue weighted by atomic mass is 16.5. The molecule has 0 spiro atoms. The van der Waals surface area contributed by atoms with Gasteiger partial charge in [0.2, 0.25) is 0 Å². The van der Waals surface area contributed by atoms with Crippen molar-refractivity contribution in [2.75, 3.05) is 19.8 Å². The van der Waals surface area contributed by atoms with Crippen LogP contribution in [0.25, 0.3) is 22.6 Å². The highest BCUT2D eigenvalue weighted by molar-refractivity contribution is 5.95. The normalized spacial score (nSPS) is 11.1. The molecular weight excluding hydrogens is 550 g/mol. The molecule has 44 heavy (non-hydrogen) atoms. The average molecular weight is 596 g/mol. The van der Waals surface area contributed by atoms with E-state index >= 15 is 0 Å². The quantitative estimate of drug-likeness (QED) is 0.122. The first-order valence-electron chi connectivity index (χ1n) is 15.9. The van der Waals surface area contributed by atoms with Crippen molar-refractivity contribution < 1.29 is 19.1 Å². The Kier molecular flexibility index (Phi) is 12.3. The molecule has 0 aliphatic carbocycles. The Morgan fingerprint density at radius 3 is 1.84 bits per heavy atom. The molecule has 3 aromatic carbocycles. The van der Waals surface area contributed by atoms with Gasteiger partial charge in [-0.1, -0.05) is 87.4 Å². The number of hydrogen-bond acceptors (Lipinski definition) is 6. The van der Waals surface area contributed by atoms with E-state index in [9.17, 15) is 9.59 Å². The summed E-state index contributed by atoms with van der Waals surface area (Å²) in [5.74, 6) is 0.0743. The fourth-order valence-electron chi connectivity index (χ4n) is 5.35. The maximum Gasteiger partial charge on any atom is 0.338 e. The summed E-state index contributed by atoms with van der Waals surface area (Å²) in [5, 5.41) is 0. The van der Waals surface area contributed by atoms with Gasteiger partial charge in [0.15, 0.2) is 0 Å². The van der Waals surface area contributed by atoms with Crippen LogP contribution in [0.4, 0.5) is 0 Å². The Labute approximate surface area is 261 Å². The minimum Gasteiger partial charge on any atom is -0.462 e. The lowest BCUT2D eigenvalue weighted by Gasteiger charge is -2.25. The molecule has 0 saturated heterocycles. The summed E-state index contributed by atoms with van der Waals surface area (Å²) in [6, 6.07) is 26.0. The summed E-state index contributed by atoms with van der Waals surface area (Å²) >= 11 is 0. The lowest BCUT2D eigenvalue weighted by atomic mass is 10.0. The summed E-state index contributed by atoms with van der Waals surface area (Å²) < 4.78 is 13.0. The van der Waals surface area contributed by atoms with Crippen LogP contribution in [-0.2, 0) is 29.1 Å². The number of carbonyl (C=O) groups is 2. The Morgan fingerprint density at radius 2 is 1.30 bits per heavy atom. The van der Waals surface area contributed by atoms with Gasteiger partial charge in [-0.25, -0.2) is 14.6 Å². The van der Waals surface area contributed by atoms with E-state index in [0.717, 1.165) is 72.7 Å². The van der Waals surface area contributed by atoms with E-state index in [0.29, 0.717) is 24.2 Å². The summed E-state index contributed by atoms with van der Waals surface area (Å²) in [4.78, 5) is 33.2. The standard InChI is InChI=1S/C37H45N3O4/c1-5-9-21-39(26-28-23-31(36(41)43-7-3)25-32(24-28)37(42)44-8-4)27-33-34(29-17-13-11-14-18-29)38-35(40(33)22-10-6-2)30-19-15-12-16-20-30/h11-20,23-25H,5-10,21-22,26-27H2,1-4H3. The van der Waals surface area contributed by atoms with Gasteiger partial charge < -0.3 is 14.0 Å². The number of hydrogen-bond donors (Lipinski definition) is 0. The Morgan fingerprint density at radius 1 is 0.727 bits per heavy atom. The lowest BCUT2D eigenvalue weighted by Crippen LogP contribution is -2.26. The SMILES string of the molecule is CCCCN(Cc1cc(C(=O)OCC)cc(C(=O)OCC)c1)Cc1c(-c2ccccc2)nc(-c2ccccc2)n1CCCC. The number of esters is 2. The maximum atomic E-state index is 12.8. The predicted molar refractivity (Wildman–Crippen MR) is 175 cm³/mol. The maximum absolute atomic E-state index is 12.8. The molecule has 4 aromatic rings. The lowest BCUT2D eigenvalue weighted by molar-refractivity contribution is 0.0524. The second-order valence-corrected chi connectivity index (χ2v) is 10.9. The van der Waals surface area contributed by atoms with Gasteiger partial charge in [-0.15, -0.1) is 0 Å². The number of rotatable bonds is 16. The van der Waals surface area contributed by atoms with Crippen LogP contribution in [0.3, 0.4) is 0 Å². The molecule has 0 N–H and O–H groups in total. The van der Waals surface area contributed by atoms with Crippen molar-refractivity contribution in [3.05, 3.63) is 101 Å². The molecule has 0 aliphatic heterocycles. The van der Waals surface area contributed by atoms with E-state index in [4.69, 9.17) is 14.5 Å². The van der Waals surface area contributed by atoms with Crippen LogP contribution in [-0.4, -0.2) is 46.1 Å². The third kappa shape index (κ3) is 8.44. The highest BCUT2D eigenvalue weighted by Gasteiger charge is 2.23. The number of imidazole rings is 1. The van der Waals surface area contributed by atoms with Crippen molar-refractivity contribution in [3.8, 4) is 22.6 Å². The zero-order chi connectivity index (χ0) is 31.3. The highest BCUT2D eigenvalue weighted by Crippen LogP contribution is 2.31. The van der Waals surface area contributed by atoms with Crippen LogP contribution >= 0.6 is 0 Å². The van der Waals surface area contributed by atoms with Crippen molar-refractivity contribution in [2.24, 2.45) is 0 Å². The van der Waals surface area contributed by atoms with E-state index in [2.05, 4.69) is 71.8 Å². The van der Waals surface area contributed by atoms with Crippen molar-refractivity contribution in [3.63, 3.8) is 0 Å². The van der Waals surface area contributed by atoms with E-state index < -0.39 is 11.9 Å². The first-order chi connectivity index (χ1) is 21.5. The van der Waals surface area contributed by atoms with Crippen molar-refractivity contribution in [1.29, 1.82) is 0 Å². The number of benzene rings is 3. The summed E-state index contributed by atoms with van der Waals surface area (Å²) in [7, 11) is 0. The van der Waals surface area contributed by atoms with Gasteiger partial charge in [0.05, 0.1) is 35.7 Å². The summed E-state index contributed by atoms with van der Waals surface area (Å²) in [6.45, 7) is 11.4. The second-order valence-electron chi connectivity index (χ2n) is 10.9. The number of carbonyl (C=O) groups excluding carboxylic acids is 2. The molecule has 1 aromatic heterocycles. The van der Waals surface area contributed by atoms with Crippen molar-refractivity contribution in [2.45, 2.75) is 73.0 Å². The molecule has 7 nitrogen and oxygen atoms in total. The molecule has 1 heterocycles. The third-order valence-electron chi connectivity index (χ3n) is 7.51. The smallest absolute Gasteiger partial charge is 0.338 e. The molecule has 0 bridgehead atoms. The minimum atomic E-state index is -0.448. The van der Waals surface area contributed by atoms with Crippen LogP contribution in [0.2, 0.25) is 0 Å². The van der Waals surface area contributed by atoms with Gasteiger partial charge in [0.25, 0.3) is 0 Å². The summed E-state index contributed by atoms with van der Waals surface area (Å²) in [5.41, 5.74) is 5.88. The third-order valence-corrected chi connectivity index (χ3v) is 7.51. The van der Waals surface area contributed by atoms with Gasteiger partial charge >= 0.3 is 11.9 Å². The zero-order valence-electron chi connectivity index (χ0n) is 26.6. The minimum absolute atomic E-state index is 0.258. The van der Waals surface area contributed by atoms with Gasteiger partial charge in [-0.2, -0.15) is 0 Å². The number of nitrogens with zero attached hydrogens (tertiary/aromatic N) is 3. The molecule has 232 valence electrons.